The van der Waals surface area contributed by atoms with Crippen molar-refractivity contribution >= 4 is 0 Å². The van der Waals surface area contributed by atoms with E-state index in [1.165, 1.54) is 5.56 Å². The van der Waals surface area contributed by atoms with Gasteiger partial charge in [-0.25, -0.2) is 0 Å². The van der Waals surface area contributed by atoms with E-state index in [1.807, 2.05) is 24.3 Å². The van der Waals surface area contributed by atoms with Gasteiger partial charge in [0.1, 0.15) is 0 Å². The fourth-order valence-electron chi connectivity index (χ4n) is 0.470. The maximum atomic E-state index is 2.93. The molecule has 0 amide bonds. The monoisotopic (exact) mass is 181 g/mol. The molecule has 0 N–H and O–H groups in total. The van der Waals surface area contributed by atoms with Crippen LogP contribution >= 0.6 is 0 Å². The Hall–Kier alpha value is 0.103. The third kappa shape index (κ3) is 2.42. The average molecular weight is 182 g/mol. The molecule has 40 valence electrons. The predicted octanol–water partition coefficient (Wildman–Crippen LogP) is 1.79. The Labute approximate surface area is 69.0 Å². The molecule has 0 aromatic heterocycles. The second-order valence-electron chi connectivity index (χ2n) is 1.58. The molecule has 0 nitrogen and oxygen atoms in total. The van der Waals surface area contributed by atoms with Gasteiger partial charge in [-0.2, -0.15) is 35.9 Å². The third-order valence-corrected chi connectivity index (χ3v) is 0.885. The van der Waals surface area contributed by atoms with Crippen molar-refractivity contribution in [2.24, 2.45) is 0 Å². The van der Waals surface area contributed by atoms with Crippen LogP contribution in [-0.2, 0) is 26.2 Å². The van der Waals surface area contributed by atoms with E-state index in [2.05, 4.69) is 13.0 Å². The standard InChI is InChI=1S/C7H7.Zr/c1-7-5-3-2-4-6-7;/h3-6H,1H3;/q-1;. The quantitative estimate of drug-likeness (QED) is 0.537. The van der Waals surface area contributed by atoms with Crippen LogP contribution in [0.25, 0.3) is 0 Å². The number of hydrogen-bond donors (Lipinski definition) is 0. The van der Waals surface area contributed by atoms with Gasteiger partial charge in [0.2, 0.25) is 0 Å². The van der Waals surface area contributed by atoms with Crippen molar-refractivity contribution in [3.63, 3.8) is 0 Å². The first-order chi connectivity index (χ1) is 3.39. The maximum absolute atomic E-state index is 2.93. The fraction of sp³-hybridized carbons (Fsp3) is 0.143. The van der Waals surface area contributed by atoms with Gasteiger partial charge in [-0.3, -0.25) is 0 Å². The number of aryl methyl sites for hydroxylation is 1. The van der Waals surface area contributed by atoms with Crippen LogP contribution in [0.1, 0.15) is 5.56 Å². The Kier molecular flexibility index (Phi) is 4.08. The van der Waals surface area contributed by atoms with E-state index < -0.39 is 0 Å². The first kappa shape index (κ1) is 8.10. The second kappa shape index (κ2) is 4.03. The molecule has 0 fully saturated rings. The van der Waals surface area contributed by atoms with Gasteiger partial charge in [0.25, 0.3) is 0 Å². The number of rotatable bonds is 0. The summed E-state index contributed by atoms with van der Waals surface area (Å²) in [4.78, 5) is 0. The first-order valence-corrected chi connectivity index (χ1v) is 2.32. The molecule has 0 unspecified atom stereocenters. The molecule has 1 heteroatoms. The zero-order valence-electron chi connectivity index (χ0n) is 4.81. The molecule has 1 aromatic carbocycles. The number of benzene rings is 1. The van der Waals surface area contributed by atoms with Crippen molar-refractivity contribution in [1.29, 1.82) is 0 Å². The Morgan fingerprint density at radius 2 is 1.75 bits per heavy atom. The van der Waals surface area contributed by atoms with Gasteiger partial charge >= 0.3 is 0 Å². The van der Waals surface area contributed by atoms with Crippen LogP contribution in [-0.4, -0.2) is 0 Å². The van der Waals surface area contributed by atoms with Gasteiger partial charge in [0.15, 0.2) is 0 Å². The summed E-state index contributed by atoms with van der Waals surface area (Å²) < 4.78 is 0. The van der Waals surface area contributed by atoms with Crippen molar-refractivity contribution < 1.29 is 26.2 Å². The molecule has 0 aliphatic heterocycles. The average Bonchev–Trinajstić information content (AvgIpc) is 1.69. The van der Waals surface area contributed by atoms with E-state index in [9.17, 15) is 0 Å². The molecular formula is C7H7Zr-. The summed E-state index contributed by atoms with van der Waals surface area (Å²) in [6.07, 6.45) is 0. The van der Waals surface area contributed by atoms with Crippen LogP contribution in [0, 0.1) is 13.0 Å². The molecule has 0 saturated heterocycles. The summed E-state index contributed by atoms with van der Waals surface area (Å²) in [5.41, 5.74) is 1.29. The Balaban J connectivity index is 0.000000490. The molecule has 0 saturated carbocycles. The van der Waals surface area contributed by atoms with Gasteiger partial charge in [-0.15, -0.1) is 0 Å². The van der Waals surface area contributed by atoms with E-state index in [0.717, 1.165) is 0 Å². The number of hydrogen-bond acceptors (Lipinski definition) is 0. The summed E-state index contributed by atoms with van der Waals surface area (Å²) in [5, 5.41) is 0. The van der Waals surface area contributed by atoms with Crippen LogP contribution in [0.15, 0.2) is 24.3 Å². The van der Waals surface area contributed by atoms with Gasteiger partial charge in [-0.05, 0) is 0 Å². The molecule has 8 heavy (non-hydrogen) atoms. The van der Waals surface area contributed by atoms with Crippen molar-refractivity contribution in [2.45, 2.75) is 6.92 Å². The molecule has 0 spiro atoms. The molecule has 1 rings (SSSR count). The summed E-state index contributed by atoms with van der Waals surface area (Å²) in [7, 11) is 0. The summed E-state index contributed by atoms with van der Waals surface area (Å²) in [5.74, 6) is 0. The smallest absolute Gasteiger partial charge is 0 e. The van der Waals surface area contributed by atoms with E-state index in [1.54, 1.807) is 0 Å². The minimum Gasteiger partial charge on any atom is -0.184 e. The molecule has 0 aliphatic rings. The predicted molar refractivity (Wildman–Crippen MR) is 30.0 cm³/mol. The summed E-state index contributed by atoms with van der Waals surface area (Å²) in [6, 6.07) is 10.8. The van der Waals surface area contributed by atoms with Crippen molar-refractivity contribution in [3.05, 3.63) is 35.9 Å². The Morgan fingerprint density at radius 3 is 2.00 bits per heavy atom. The van der Waals surface area contributed by atoms with Crippen LogP contribution in [0.4, 0.5) is 0 Å². The van der Waals surface area contributed by atoms with Gasteiger partial charge in [0, 0.05) is 26.2 Å². The third-order valence-electron chi connectivity index (χ3n) is 0.885. The van der Waals surface area contributed by atoms with Crippen LogP contribution in [0.5, 0.6) is 0 Å². The second-order valence-corrected chi connectivity index (χ2v) is 1.58. The zero-order valence-corrected chi connectivity index (χ0v) is 7.27. The van der Waals surface area contributed by atoms with E-state index in [-0.39, 0.29) is 26.2 Å². The van der Waals surface area contributed by atoms with E-state index in [4.69, 9.17) is 0 Å². The van der Waals surface area contributed by atoms with Crippen molar-refractivity contribution in [1.82, 2.24) is 0 Å². The Bertz CT molecular complexity index is 134. The van der Waals surface area contributed by atoms with Crippen LogP contribution < -0.4 is 0 Å². The van der Waals surface area contributed by atoms with Crippen molar-refractivity contribution in [3.8, 4) is 0 Å². The minimum absolute atomic E-state index is 0. The molecular weight excluding hydrogens is 175 g/mol. The van der Waals surface area contributed by atoms with Gasteiger partial charge in [-0.1, -0.05) is 6.92 Å². The summed E-state index contributed by atoms with van der Waals surface area (Å²) in [6.45, 7) is 2.06. The molecule has 1 aromatic rings. The molecule has 0 atom stereocenters. The molecule has 0 aliphatic carbocycles. The Morgan fingerprint density at radius 1 is 1.25 bits per heavy atom. The first-order valence-electron chi connectivity index (χ1n) is 2.32. The van der Waals surface area contributed by atoms with Crippen molar-refractivity contribution in [2.75, 3.05) is 0 Å². The molecule has 0 radical (unpaired) electrons. The van der Waals surface area contributed by atoms with E-state index in [0.29, 0.717) is 0 Å². The summed E-state index contributed by atoms with van der Waals surface area (Å²) >= 11 is 0. The van der Waals surface area contributed by atoms with Crippen LogP contribution in [0.3, 0.4) is 0 Å². The molecule has 0 bridgehead atoms. The van der Waals surface area contributed by atoms with Crippen LogP contribution in [0.2, 0.25) is 0 Å². The largest absolute Gasteiger partial charge is 0.184 e. The van der Waals surface area contributed by atoms with Gasteiger partial charge in [0.05, 0.1) is 0 Å². The van der Waals surface area contributed by atoms with E-state index >= 15 is 0 Å². The fourth-order valence-corrected chi connectivity index (χ4v) is 0.470. The topological polar surface area (TPSA) is 0 Å². The maximum Gasteiger partial charge on any atom is 0 e. The molecule has 0 heterocycles. The van der Waals surface area contributed by atoms with Gasteiger partial charge < -0.3 is 0 Å². The SMILES string of the molecule is Cc1cc[c-]cc1.[Zr]. The minimum atomic E-state index is 0. The zero-order chi connectivity index (χ0) is 5.11. The normalized spacial score (nSPS) is 7.62.